The van der Waals surface area contributed by atoms with Crippen molar-refractivity contribution in [3.63, 3.8) is 0 Å². The van der Waals surface area contributed by atoms with E-state index in [2.05, 4.69) is 73.8 Å². The summed E-state index contributed by atoms with van der Waals surface area (Å²) in [6.07, 6.45) is 3.54. The van der Waals surface area contributed by atoms with E-state index in [1.165, 1.54) is 40.9 Å². The molecule has 2 aromatic rings. The molecule has 1 aromatic heterocycles. The quantitative estimate of drug-likeness (QED) is 0.768. The number of aromatic amines is 1. The number of benzene rings is 1. The fourth-order valence-corrected chi connectivity index (χ4v) is 5.43. The lowest BCUT2D eigenvalue weighted by Crippen LogP contribution is -2.49. The summed E-state index contributed by atoms with van der Waals surface area (Å²) in [4.78, 5) is 8.78. The molecule has 0 atom stereocenters. The van der Waals surface area contributed by atoms with Gasteiger partial charge in [-0.05, 0) is 54.2 Å². The molecule has 0 saturated carbocycles. The Balaban J connectivity index is 0.00000289. The van der Waals surface area contributed by atoms with Crippen LogP contribution in [0.4, 0.5) is 5.69 Å². The molecule has 2 saturated heterocycles. The first-order valence-corrected chi connectivity index (χ1v) is 11.9. The maximum atomic E-state index is 5.55. The van der Waals surface area contributed by atoms with Gasteiger partial charge >= 0.3 is 0 Å². The van der Waals surface area contributed by atoms with Crippen LogP contribution in [-0.2, 0) is 16.6 Å². The number of ether oxygens (including phenoxy) is 1. The smallest absolute Gasteiger partial charge is 0.0594 e. The van der Waals surface area contributed by atoms with Crippen LogP contribution >= 0.6 is 0 Å². The van der Waals surface area contributed by atoms with Crippen molar-refractivity contribution < 1.29 is 4.74 Å². The highest BCUT2D eigenvalue weighted by Crippen LogP contribution is 2.36. The van der Waals surface area contributed by atoms with Crippen LogP contribution in [0.1, 0.15) is 63.4 Å². The van der Waals surface area contributed by atoms with Gasteiger partial charge in [0.1, 0.15) is 0 Å². The predicted molar refractivity (Wildman–Crippen MR) is 138 cm³/mol. The van der Waals surface area contributed by atoms with Crippen molar-refractivity contribution in [2.75, 3.05) is 44.3 Å². The van der Waals surface area contributed by atoms with Gasteiger partial charge in [0, 0.05) is 54.4 Å². The van der Waals surface area contributed by atoms with Gasteiger partial charge in [-0.25, -0.2) is 0 Å². The monoisotopic (exact) mass is 437 g/mol. The Morgan fingerprint density at radius 3 is 2.31 bits per heavy atom. The normalized spacial score (nSPS) is 18.6. The van der Waals surface area contributed by atoms with Crippen molar-refractivity contribution >= 4 is 18.8 Å². The fourth-order valence-electron chi connectivity index (χ4n) is 5.43. The lowest BCUT2D eigenvalue weighted by Gasteiger charge is -2.41. The second-order valence-electron chi connectivity index (χ2n) is 9.77. The number of rotatable bonds is 5. The van der Waals surface area contributed by atoms with Gasteiger partial charge in [-0.1, -0.05) is 53.5 Å². The van der Waals surface area contributed by atoms with E-state index in [0.29, 0.717) is 6.04 Å². The highest BCUT2D eigenvalue weighted by molar-refractivity contribution is 5.58. The molecule has 2 aliphatic heterocycles. The Morgan fingerprint density at radius 2 is 1.75 bits per heavy atom. The van der Waals surface area contributed by atoms with Gasteiger partial charge < -0.3 is 14.6 Å². The predicted octanol–water partition coefficient (Wildman–Crippen LogP) is 3.97. The third-order valence-electron chi connectivity index (χ3n) is 7.65. The van der Waals surface area contributed by atoms with Crippen LogP contribution in [-0.4, -0.2) is 55.3 Å². The molecule has 0 unspecified atom stereocenters. The van der Waals surface area contributed by atoms with Gasteiger partial charge in [0.2, 0.25) is 0 Å². The summed E-state index contributed by atoms with van der Waals surface area (Å²) in [6, 6.07) is 7.81. The molecule has 0 bridgehead atoms. The summed E-state index contributed by atoms with van der Waals surface area (Å²) in [5.74, 6) is 0. The maximum Gasteiger partial charge on any atom is 0.0594 e. The Labute approximate surface area is 195 Å². The largest absolute Gasteiger partial charge is 0.379 e. The minimum absolute atomic E-state index is 0. The van der Waals surface area contributed by atoms with E-state index in [4.69, 9.17) is 4.74 Å². The van der Waals surface area contributed by atoms with Crippen molar-refractivity contribution in [1.29, 1.82) is 0 Å². The molecule has 1 N–H and O–H groups in total. The number of nitrogens with zero attached hydrogens (tertiary/aromatic N) is 2. The van der Waals surface area contributed by atoms with E-state index < -0.39 is 0 Å². The molecule has 32 heavy (non-hydrogen) atoms. The number of morpholine rings is 1. The Morgan fingerprint density at radius 1 is 1.09 bits per heavy atom. The number of aryl methyl sites for hydroxylation is 1. The Kier molecular flexibility index (Phi) is 7.57. The third-order valence-corrected chi connectivity index (χ3v) is 7.65. The third kappa shape index (κ3) is 4.53. The molecular weight excluding hydrogens is 394 g/mol. The van der Waals surface area contributed by atoms with Gasteiger partial charge in [-0.3, -0.25) is 4.90 Å². The molecule has 2 fully saturated rings. The highest BCUT2D eigenvalue weighted by Gasteiger charge is 2.30. The second kappa shape index (κ2) is 9.84. The van der Waals surface area contributed by atoms with E-state index >= 15 is 0 Å². The summed E-state index contributed by atoms with van der Waals surface area (Å²) in [5.41, 5.74) is 6.54. The molecule has 0 aliphatic carbocycles. The molecule has 176 valence electrons. The molecule has 3 heterocycles. The van der Waals surface area contributed by atoms with E-state index in [1.54, 1.807) is 0 Å². The summed E-state index contributed by atoms with van der Waals surface area (Å²) in [5, 5.41) is 1.95. The van der Waals surface area contributed by atoms with Crippen LogP contribution in [0.5, 0.6) is 0 Å². The molecule has 4 rings (SSSR count). The molecule has 0 radical (unpaired) electrons. The number of piperidine rings is 1. The van der Waals surface area contributed by atoms with E-state index in [-0.39, 0.29) is 12.8 Å². The lowest BCUT2D eigenvalue weighted by molar-refractivity contribution is 0.0115. The second-order valence-corrected chi connectivity index (χ2v) is 9.77. The van der Waals surface area contributed by atoms with Crippen LogP contribution in [0.2, 0.25) is 0 Å². The minimum Gasteiger partial charge on any atom is -0.379 e. The van der Waals surface area contributed by atoms with Crippen molar-refractivity contribution in [3.05, 3.63) is 51.2 Å². The van der Waals surface area contributed by atoms with Crippen LogP contribution in [0.15, 0.2) is 18.2 Å². The Hall–Kier alpha value is -2.04. The average Bonchev–Trinajstić information content (AvgIpc) is 3.07. The molecule has 1 aromatic carbocycles. The molecule has 0 amide bonds. The zero-order chi connectivity index (χ0) is 22.2. The van der Waals surface area contributed by atoms with Crippen molar-refractivity contribution in [1.82, 2.24) is 9.88 Å². The number of nitrogens with one attached hydrogen (secondary N) is 1. The van der Waals surface area contributed by atoms with Crippen LogP contribution in [0, 0.1) is 6.92 Å². The molecular formula is C28H43N3O. The first kappa shape index (κ1) is 24.6. The first-order chi connectivity index (χ1) is 14.8. The Bertz CT molecular complexity index is 1010. The van der Waals surface area contributed by atoms with Gasteiger partial charge in [0.05, 0.1) is 13.2 Å². The van der Waals surface area contributed by atoms with Crippen LogP contribution in [0.3, 0.4) is 0 Å². The molecule has 0 spiro atoms. The molecule has 4 nitrogen and oxygen atoms in total. The number of hydrogen-bond acceptors (Lipinski definition) is 3. The van der Waals surface area contributed by atoms with Gasteiger partial charge in [-0.2, -0.15) is 0 Å². The maximum absolute atomic E-state index is 5.55. The van der Waals surface area contributed by atoms with Crippen LogP contribution < -0.4 is 15.5 Å². The molecule has 2 aliphatic rings. The van der Waals surface area contributed by atoms with E-state index in [9.17, 15) is 0 Å². The average molecular weight is 438 g/mol. The van der Waals surface area contributed by atoms with Gasteiger partial charge in [0.25, 0.3) is 0 Å². The highest BCUT2D eigenvalue weighted by atomic mass is 16.5. The fraction of sp³-hybridized carbons (Fsp3) is 0.571. The molecule has 4 heteroatoms. The summed E-state index contributed by atoms with van der Waals surface area (Å²) in [6.45, 7) is 23.6. The first-order valence-electron chi connectivity index (χ1n) is 11.9. The number of hydrogen-bond donors (Lipinski definition) is 1. The van der Waals surface area contributed by atoms with E-state index in [1.807, 2.05) is 0 Å². The standard InChI is InChI=1S/C27H39N3O.CH4/c1-7-22-8-9-23(27(5,6)26-20(3)19(2)21(4)28-26)18-25(22)30-12-10-24(11-13-30)29-14-16-31-17-15-29;/h8-9,18,24,28H,2,4,7,10-17H2,1,3,5-6H3;1H4. The van der Waals surface area contributed by atoms with Crippen molar-refractivity contribution in [2.45, 2.75) is 65.8 Å². The zero-order valence-corrected chi connectivity index (χ0v) is 19.9. The summed E-state index contributed by atoms with van der Waals surface area (Å²) < 4.78 is 5.55. The topological polar surface area (TPSA) is 31.5 Å². The van der Waals surface area contributed by atoms with Crippen LogP contribution in [0.25, 0.3) is 13.2 Å². The minimum atomic E-state index is -0.125. The van der Waals surface area contributed by atoms with Gasteiger partial charge in [-0.15, -0.1) is 0 Å². The zero-order valence-electron chi connectivity index (χ0n) is 19.9. The van der Waals surface area contributed by atoms with Gasteiger partial charge in [0.15, 0.2) is 0 Å². The lowest BCUT2D eigenvalue weighted by atomic mass is 9.79. The summed E-state index contributed by atoms with van der Waals surface area (Å²) in [7, 11) is 0. The van der Waals surface area contributed by atoms with E-state index in [0.717, 1.165) is 56.4 Å². The number of anilines is 1. The number of aromatic nitrogens is 1. The van der Waals surface area contributed by atoms with Crippen molar-refractivity contribution in [3.8, 4) is 0 Å². The SMILES string of the molecule is C.C=c1[nH]c(C(C)(C)c2ccc(CC)c(N3CCC(N4CCOCC4)CC3)c2)c(C)c1=C. The number of H-pyrrole nitrogens is 1. The summed E-state index contributed by atoms with van der Waals surface area (Å²) >= 11 is 0. The van der Waals surface area contributed by atoms with Crippen molar-refractivity contribution in [2.24, 2.45) is 0 Å².